The van der Waals surface area contributed by atoms with Crippen LogP contribution in [0.5, 0.6) is 0 Å². The molecule has 0 atom stereocenters. The molecular formula is C17H19N5O3S. The van der Waals surface area contributed by atoms with Gasteiger partial charge in [0.25, 0.3) is 5.91 Å². The van der Waals surface area contributed by atoms with Crippen LogP contribution >= 0.6 is 11.8 Å². The van der Waals surface area contributed by atoms with Crippen molar-refractivity contribution in [2.75, 3.05) is 6.61 Å². The Morgan fingerprint density at radius 2 is 2.04 bits per heavy atom. The van der Waals surface area contributed by atoms with Crippen LogP contribution in [0.15, 0.2) is 40.1 Å². The summed E-state index contributed by atoms with van der Waals surface area (Å²) in [5, 5.41) is 9.10. The molecule has 2 aromatic heterocycles. The van der Waals surface area contributed by atoms with Gasteiger partial charge in [-0.3, -0.25) is 14.2 Å². The van der Waals surface area contributed by atoms with Crippen molar-refractivity contribution in [3.8, 4) is 5.69 Å². The van der Waals surface area contributed by atoms with Crippen LogP contribution in [0.4, 0.5) is 0 Å². The van der Waals surface area contributed by atoms with Gasteiger partial charge < -0.3 is 4.42 Å². The van der Waals surface area contributed by atoms with Gasteiger partial charge in [-0.05, 0) is 32.9 Å². The van der Waals surface area contributed by atoms with Gasteiger partial charge in [-0.15, -0.1) is 10.2 Å². The number of carbonyl (C=O) groups is 1. The van der Waals surface area contributed by atoms with Crippen molar-refractivity contribution in [1.82, 2.24) is 25.2 Å². The first-order chi connectivity index (χ1) is 12.6. The first-order valence-corrected chi connectivity index (χ1v) is 9.05. The highest BCUT2D eigenvalue weighted by molar-refractivity contribution is 7.98. The molecule has 0 bridgehead atoms. The lowest BCUT2D eigenvalue weighted by Gasteiger charge is -2.08. The summed E-state index contributed by atoms with van der Waals surface area (Å²) < 4.78 is 7.32. The van der Waals surface area contributed by atoms with Crippen LogP contribution in [0.2, 0.25) is 0 Å². The second kappa shape index (κ2) is 8.15. The molecule has 1 N–H and O–H groups in total. The number of rotatable bonds is 7. The predicted octanol–water partition coefficient (Wildman–Crippen LogP) is 2.85. The molecule has 0 radical (unpaired) electrons. The molecule has 2 heterocycles. The largest absolute Gasteiger partial charge is 0.447 e. The van der Waals surface area contributed by atoms with Crippen LogP contribution in [-0.2, 0) is 10.6 Å². The maximum atomic E-state index is 11.8. The first kappa shape index (κ1) is 18.2. The minimum atomic E-state index is -0.439. The minimum absolute atomic E-state index is 0.172. The molecule has 9 heteroatoms. The number of hydrogen-bond acceptors (Lipinski definition) is 7. The van der Waals surface area contributed by atoms with Gasteiger partial charge in [0.1, 0.15) is 12.1 Å². The Kier molecular flexibility index (Phi) is 5.69. The molecule has 1 amide bonds. The van der Waals surface area contributed by atoms with Gasteiger partial charge in [-0.2, -0.15) is 0 Å². The molecule has 0 unspecified atom stereocenters. The summed E-state index contributed by atoms with van der Waals surface area (Å²) in [5.41, 5.74) is 4.63. The number of benzene rings is 1. The number of amides is 1. The van der Waals surface area contributed by atoms with Crippen LogP contribution in [-0.4, -0.2) is 32.3 Å². The second-order valence-electron chi connectivity index (χ2n) is 5.48. The Balaban J connectivity index is 1.70. The zero-order valence-corrected chi connectivity index (χ0v) is 15.5. The van der Waals surface area contributed by atoms with E-state index in [-0.39, 0.29) is 5.69 Å². The molecule has 8 nitrogen and oxygen atoms in total. The number of thioether (sulfide) groups is 1. The molecule has 0 aliphatic heterocycles. The quantitative estimate of drug-likeness (QED) is 0.502. The molecular weight excluding hydrogens is 354 g/mol. The monoisotopic (exact) mass is 373 g/mol. The van der Waals surface area contributed by atoms with Gasteiger partial charge in [-0.25, -0.2) is 10.5 Å². The van der Waals surface area contributed by atoms with Crippen molar-refractivity contribution in [1.29, 1.82) is 0 Å². The Morgan fingerprint density at radius 3 is 2.77 bits per heavy atom. The van der Waals surface area contributed by atoms with E-state index in [4.69, 9.17) is 9.25 Å². The molecule has 0 fully saturated rings. The highest BCUT2D eigenvalue weighted by Crippen LogP contribution is 2.25. The Labute approximate surface area is 154 Å². The van der Waals surface area contributed by atoms with Gasteiger partial charge in [0.05, 0.1) is 12.4 Å². The van der Waals surface area contributed by atoms with E-state index in [0.29, 0.717) is 18.3 Å². The predicted molar refractivity (Wildman–Crippen MR) is 96.0 cm³/mol. The van der Waals surface area contributed by atoms with Crippen molar-refractivity contribution < 1.29 is 14.0 Å². The lowest BCUT2D eigenvalue weighted by molar-refractivity contribution is 0.0360. The fourth-order valence-electron chi connectivity index (χ4n) is 2.23. The lowest BCUT2D eigenvalue weighted by atomic mass is 10.2. The Hall–Kier alpha value is -2.65. The van der Waals surface area contributed by atoms with Gasteiger partial charge in [-0.1, -0.05) is 29.5 Å². The third-order valence-corrected chi connectivity index (χ3v) is 4.42. The van der Waals surface area contributed by atoms with Crippen LogP contribution < -0.4 is 5.48 Å². The lowest BCUT2D eigenvalue weighted by Crippen LogP contribution is -2.23. The third-order valence-electron chi connectivity index (χ3n) is 3.51. The number of hydrogen-bond donors (Lipinski definition) is 1. The summed E-state index contributed by atoms with van der Waals surface area (Å²) in [6, 6.07) is 8.13. The number of hydroxylamine groups is 1. The van der Waals surface area contributed by atoms with Gasteiger partial charge in [0.15, 0.2) is 10.9 Å². The molecule has 3 aromatic rings. The number of oxazole rings is 1. The number of nitrogens with zero attached hydrogens (tertiary/aromatic N) is 4. The first-order valence-electron chi connectivity index (χ1n) is 8.07. The topological polar surface area (TPSA) is 95.1 Å². The fourth-order valence-corrected chi connectivity index (χ4v) is 3.08. The summed E-state index contributed by atoms with van der Waals surface area (Å²) in [6.45, 7) is 6.09. The molecule has 0 spiro atoms. The van der Waals surface area contributed by atoms with Crippen molar-refractivity contribution in [3.05, 3.63) is 53.5 Å². The smallest absolute Gasteiger partial charge is 0.296 e. The number of aryl methyl sites for hydroxylation is 2. The summed E-state index contributed by atoms with van der Waals surface area (Å²) >= 11 is 1.43. The molecule has 0 aliphatic rings. The van der Waals surface area contributed by atoms with Crippen LogP contribution in [0, 0.1) is 13.8 Å². The number of nitrogens with one attached hydrogen (secondary N) is 1. The molecule has 3 rings (SSSR count). The summed E-state index contributed by atoms with van der Waals surface area (Å²) in [7, 11) is 0. The SMILES string of the molecule is CCONC(=O)c1coc(CSc2nnc(C)n2-c2ccc(C)cc2)n1. The molecule has 0 saturated carbocycles. The molecule has 26 heavy (non-hydrogen) atoms. The summed E-state index contributed by atoms with van der Waals surface area (Å²) in [5.74, 6) is 1.20. The van der Waals surface area contributed by atoms with E-state index in [9.17, 15) is 4.79 Å². The third kappa shape index (κ3) is 4.12. The number of carbonyl (C=O) groups excluding carboxylic acids is 1. The normalized spacial score (nSPS) is 10.9. The van der Waals surface area contributed by atoms with Crippen molar-refractivity contribution in [2.24, 2.45) is 0 Å². The summed E-state index contributed by atoms with van der Waals surface area (Å²) in [4.78, 5) is 20.8. The molecule has 0 saturated heterocycles. The van der Waals surface area contributed by atoms with Gasteiger partial charge in [0.2, 0.25) is 5.89 Å². The van der Waals surface area contributed by atoms with Crippen molar-refractivity contribution >= 4 is 17.7 Å². The van der Waals surface area contributed by atoms with E-state index in [1.165, 1.54) is 23.6 Å². The molecule has 136 valence electrons. The Morgan fingerprint density at radius 1 is 1.27 bits per heavy atom. The van der Waals surface area contributed by atoms with Crippen LogP contribution in [0.1, 0.15) is 34.7 Å². The van der Waals surface area contributed by atoms with E-state index < -0.39 is 5.91 Å². The van der Waals surface area contributed by atoms with Crippen molar-refractivity contribution in [3.63, 3.8) is 0 Å². The average molecular weight is 373 g/mol. The van der Waals surface area contributed by atoms with Crippen LogP contribution in [0.25, 0.3) is 5.69 Å². The second-order valence-corrected chi connectivity index (χ2v) is 6.42. The van der Waals surface area contributed by atoms with E-state index in [0.717, 1.165) is 16.7 Å². The van der Waals surface area contributed by atoms with E-state index in [1.807, 2.05) is 42.7 Å². The number of aromatic nitrogens is 4. The van der Waals surface area contributed by atoms with Crippen LogP contribution in [0.3, 0.4) is 0 Å². The summed E-state index contributed by atoms with van der Waals surface area (Å²) in [6.07, 6.45) is 1.31. The maximum Gasteiger partial charge on any atom is 0.296 e. The van der Waals surface area contributed by atoms with Gasteiger partial charge in [0, 0.05) is 5.69 Å². The van der Waals surface area contributed by atoms with Gasteiger partial charge >= 0.3 is 0 Å². The highest BCUT2D eigenvalue weighted by Gasteiger charge is 2.15. The van der Waals surface area contributed by atoms with Crippen molar-refractivity contribution in [2.45, 2.75) is 31.7 Å². The van der Waals surface area contributed by atoms with E-state index >= 15 is 0 Å². The zero-order chi connectivity index (χ0) is 18.5. The molecule has 1 aromatic carbocycles. The van der Waals surface area contributed by atoms with E-state index in [1.54, 1.807) is 6.92 Å². The Bertz CT molecular complexity index is 888. The molecule has 0 aliphatic carbocycles. The average Bonchev–Trinajstić information content (AvgIpc) is 3.25. The maximum absolute atomic E-state index is 11.8. The standard InChI is InChI=1S/C17H19N5O3S/c1-4-25-21-16(23)14-9-24-15(18-14)10-26-17-20-19-12(3)22(17)13-7-5-11(2)6-8-13/h5-9H,4,10H2,1-3H3,(H,21,23). The highest BCUT2D eigenvalue weighted by atomic mass is 32.2. The minimum Gasteiger partial charge on any atom is -0.447 e. The van der Waals surface area contributed by atoms with E-state index in [2.05, 4.69) is 20.7 Å². The zero-order valence-electron chi connectivity index (χ0n) is 14.7. The fraction of sp³-hybridized carbons (Fsp3) is 0.294.